The Kier molecular flexibility index (Phi) is 6.56. The van der Waals surface area contributed by atoms with Crippen LogP contribution in [0.15, 0.2) is 66.7 Å². The molecule has 0 saturated heterocycles. The predicted octanol–water partition coefficient (Wildman–Crippen LogP) is 5.83. The van der Waals surface area contributed by atoms with Crippen LogP contribution in [0.4, 0.5) is 5.69 Å². The molecule has 6 heteroatoms. The Hall–Kier alpha value is -3.80. The fourth-order valence-corrected chi connectivity index (χ4v) is 5.24. The molecule has 6 nitrogen and oxygen atoms in total. The average molecular weight is 488 g/mol. The molecule has 1 amide bonds. The number of carboxylic acids is 1. The first kappa shape index (κ1) is 25.3. The van der Waals surface area contributed by atoms with Crippen molar-refractivity contribution in [1.29, 1.82) is 0 Å². The Labute approximate surface area is 212 Å². The number of rotatable bonds is 6. The maximum atomic E-state index is 14.2. The van der Waals surface area contributed by atoms with Gasteiger partial charge in [0.2, 0.25) is 0 Å². The number of carboxylic acid groups (broad SMARTS) is 1. The van der Waals surface area contributed by atoms with E-state index < -0.39 is 17.4 Å². The largest absolute Gasteiger partial charge is 0.497 e. The molecule has 0 saturated carbocycles. The number of anilines is 1. The van der Waals surface area contributed by atoms with Crippen molar-refractivity contribution in [3.63, 3.8) is 0 Å². The van der Waals surface area contributed by atoms with Crippen LogP contribution in [0.25, 0.3) is 0 Å². The van der Waals surface area contributed by atoms with Gasteiger partial charge in [-0.2, -0.15) is 0 Å². The van der Waals surface area contributed by atoms with Gasteiger partial charge in [0.05, 0.1) is 14.2 Å². The van der Waals surface area contributed by atoms with E-state index in [4.69, 9.17) is 9.47 Å². The number of carbonyl (C=O) groups is 2. The zero-order valence-electron chi connectivity index (χ0n) is 21.7. The van der Waals surface area contributed by atoms with Gasteiger partial charge in [-0.3, -0.25) is 9.69 Å². The summed E-state index contributed by atoms with van der Waals surface area (Å²) in [6.45, 7) is 8.10. The Morgan fingerprint density at radius 1 is 0.972 bits per heavy atom. The highest BCUT2D eigenvalue weighted by atomic mass is 16.5. The summed E-state index contributed by atoms with van der Waals surface area (Å²) in [5, 5.41) is 10.8. The van der Waals surface area contributed by atoms with Crippen molar-refractivity contribution in [1.82, 2.24) is 0 Å². The number of fused-ring (bicyclic) bond motifs is 1. The highest BCUT2D eigenvalue weighted by Gasteiger charge is 2.57. The van der Waals surface area contributed by atoms with E-state index in [2.05, 4.69) is 20.8 Å². The molecule has 2 unspecified atom stereocenters. The number of carbonyl (C=O) groups excluding carboxylic acids is 1. The Morgan fingerprint density at radius 2 is 1.67 bits per heavy atom. The van der Waals surface area contributed by atoms with Crippen LogP contribution in [0.5, 0.6) is 11.5 Å². The summed E-state index contributed by atoms with van der Waals surface area (Å²) in [4.78, 5) is 28.9. The third-order valence-electron chi connectivity index (χ3n) is 7.20. The van der Waals surface area contributed by atoms with E-state index in [1.54, 1.807) is 38.5 Å². The molecule has 0 bridgehead atoms. The molecule has 0 fully saturated rings. The molecule has 3 aromatic rings. The molecule has 36 heavy (non-hydrogen) atoms. The number of amides is 1. The van der Waals surface area contributed by atoms with Crippen LogP contribution in [0.2, 0.25) is 0 Å². The quantitative estimate of drug-likeness (QED) is 0.473. The van der Waals surface area contributed by atoms with Crippen LogP contribution in [-0.2, 0) is 16.6 Å². The van der Waals surface area contributed by atoms with Crippen molar-refractivity contribution in [3.05, 3.63) is 89.0 Å². The van der Waals surface area contributed by atoms with Crippen molar-refractivity contribution in [2.24, 2.45) is 0 Å². The minimum Gasteiger partial charge on any atom is -0.497 e. The maximum absolute atomic E-state index is 14.2. The number of nitrogens with zero attached hydrogens (tertiary/aromatic N) is 1. The minimum atomic E-state index is -1.52. The Bertz CT molecular complexity index is 1290. The van der Waals surface area contributed by atoms with Gasteiger partial charge in [-0.25, -0.2) is 4.79 Å². The molecule has 0 spiro atoms. The first-order valence-corrected chi connectivity index (χ1v) is 12.0. The molecule has 188 valence electrons. The highest BCUT2D eigenvalue weighted by molar-refractivity contribution is 6.13. The summed E-state index contributed by atoms with van der Waals surface area (Å²) in [5.74, 6) is -0.715. The molecule has 3 aromatic carbocycles. The Morgan fingerprint density at radius 3 is 2.25 bits per heavy atom. The predicted molar refractivity (Wildman–Crippen MR) is 140 cm³/mol. The van der Waals surface area contributed by atoms with Crippen molar-refractivity contribution in [2.45, 2.75) is 51.0 Å². The second kappa shape index (κ2) is 9.34. The summed E-state index contributed by atoms with van der Waals surface area (Å²) in [6.07, 6.45) is 0.157. The topological polar surface area (TPSA) is 76.1 Å². The monoisotopic (exact) mass is 487 g/mol. The zero-order valence-corrected chi connectivity index (χ0v) is 21.7. The molecule has 0 aliphatic carbocycles. The lowest BCUT2D eigenvalue weighted by atomic mass is 9.78. The maximum Gasteiger partial charge on any atom is 0.331 e. The van der Waals surface area contributed by atoms with E-state index in [1.165, 1.54) is 4.90 Å². The van der Waals surface area contributed by atoms with Gasteiger partial charge in [-0.1, -0.05) is 64.1 Å². The highest BCUT2D eigenvalue weighted by Crippen LogP contribution is 2.51. The fourth-order valence-electron chi connectivity index (χ4n) is 5.24. The van der Waals surface area contributed by atoms with Crippen LogP contribution >= 0.6 is 0 Å². The van der Waals surface area contributed by atoms with Gasteiger partial charge >= 0.3 is 5.97 Å². The molecule has 1 aliphatic heterocycles. The second-order valence-corrected chi connectivity index (χ2v) is 10.3. The van der Waals surface area contributed by atoms with Crippen molar-refractivity contribution in [3.8, 4) is 11.5 Å². The van der Waals surface area contributed by atoms with E-state index in [-0.39, 0.29) is 17.7 Å². The molecule has 4 rings (SSSR count). The molecule has 1 aliphatic rings. The summed E-state index contributed by atoms with van der Waals surface area (Å²) in [5.41, 5.74) is 1.80. The smallest absolute Gasteiger partial charge is 0.331 e. The van der Waals surface area contributed by atoms with Gasteiger partial charge < -0.3 is 14.6 Å². The number of benzene rings is 3. The number of hydrogen-bond acceptors (Lipinski definition) is 4. The van der Waals surface area contributed by atoms with Crippen LogP contribution in [0.1, 0.15) is 60.7 Å². The van der Waals surface area contributed by atoms with Crippen LogP contribution < -0.4 is 14.4 Å². The third-order valence-corrected chi connectivity index (χ3v) is 7.20. The number of methoxy groups -OCH3 is 2. The van der Waals surface area contributed by atoms with Gasteiger partial charge in [0.25, 0.3) is 5.91 Å². The van der Waals surface area contributed by atoms with Gasteiger partial charge in [0.15, 0.2) is 5.54 Å². The molecule has 0 aromatic heterocycles. The van der Waals surface area contributed by atoms with Crippen LogP contribution in [-0.4, -0.2) is 36.7 Å². The first-order chi connectivity index (χ1) is 17.0. The average Bonchev–Trinajstić information content (AvgIpc) is 3.11. The van der Waals surface area contributed by atoms with Crippen LogP contribution in [0.3, 0.4) is 0 Å². The lowest BCUT2D eigenvalue weighted by Crippen LogP contribution is -2.58. The second-order valence-electron chi connectivity index (χ2n) is 10.3. The summed E-state index contributed by atoms with van der Waals surface area (Å²) in [6, 6.07) is 20.2. The van der Waals surface area contributed by atoms with E-state index in [0.29, 0.717) is 22.7 Å². The first-order valence-electron chi connectivity index (χ1n) is 12.0. The third kappa shape index (κ3) is 4.11. The van der Waals surface area contributed by atoms with Crippen molar-refractivity contribution >= 4 is 17.6 Å². The van der Waals surface area contributed by atoms with Crippen molar-refractivity contribution in [2.75, 3.05) is 19.1 Å². The van der Waals surface area contributed by atoms with E-state index in [1.807, 2.05) is 49.4 Å². The SMILES string of the molecule is COc1ccc2c(c1)C(C)C(Cc1ccccc1)(C(=O)O)N2C(=O)c1ccc(C(C)(C)C)c(OC)c1. The van der Waals surface area contributed by atoms with E-state index in [9.17, 15) is 14.7 Å². The summed E-state index contributed by atoms with van der Waals surface area (Å²) >= 11 is 0. The number of ether oxygens (including phenoxy) is 2. The summed E-state index contributed by atoms with van der Waals surface area (Å²) < 4.78 is 11.1. The van der Waals surface area contributed by atoms with E-state index >= 15 is 0 Å². The van der Waals surface area contributed by atoms with Gasteiger partial charge in [-0.15, -0.1) is 0 Å². The minimum absolute atomic E-state index is 0.157. The van der Waals surface area contributed by atoms with Crippen molar-refractivity contribution < 1.29 is 24.2 Å². The van der Waals surface area contributed by atoms with Gasteiger partial charge in [-0.05, 0) is 52.4 Å². The zero-order chi connectivity index (χ0) is 26.3. The number of aliphatic carboxylic acids is 1. The number of hydrogen-bond donors (Lipinski definition) is 1. The fraction of sp³-hybridized carbons (Fsp3) is 0.333. The van der Waals surface area contributed by atoms with Gasteiger partial charge in [0, 0.05) is 23.6 Å². The summed E-state index contributed by atoms with van der Waals surface area (Å²) in [7, 11) is 3.15. The van der Waals surface area contributed by atoms with Gasteiger partial charge in [0.1, 0.15) is 11.5 Å². The molecule has 2 atom stereocenters. The lowest BCUT2D eigenvalue weighted by Gasteiger charge is -2.38. The lowest BCUT2D eigenvalue weighted by molar-refractivity contribution is -0.143. The molecule has 0 radical (unpaired) electrons. The standard InChI is InChI=1S/C30H33NO5/c1-19-23-17-22(35-5)13-15-25(23)31(30(19,28(33)34)18-20-10-8-7-9-11-20)27(32)21-12-14-24(29(2,3)4)26(16-21)36-6/h7-17,19H,18H2,1-6H3,(H,33,34). The van der Waals surface area contributed by atoms with E-state index in [0.717, 1.165) is 16.7 Å². The molecular weight excluding hydrogens is 454 g/mol. The Balaban J connectivity index is 1.92. The normalized spacial score (nSPS) is 19.1. The molecule has 1 N–H and O–H groups in total. The molecular formula is C30H33NO5. The molecule has 1 heterocycles. The van der Waals surface area contributed by atoms with Crippen LogP contribution in [0, 0.1) is 0 Å².